The number of terminal acetylenes is 2. The van der Waals surface area contributed by atoms with Gasteiger partial charge in [-0.25, -0.2) is 15.0 Å². The van der Waals surface area contributed by atoms with Crippen LogP contribution in [0.3, 0.4) is 0 Å². The number of nitrogens with zero attached hydrogens (tertiary/aromatic N) is 9. The van der Waals surface area contributed by atoms with Crippen LogP contribution in [0.15, 0.2) is 57.1 Å². The predicted octanol–water partition coefficient (Wildman–Crippen LogP) is 6.55. The summed E-state index contributed by atoms with van der Waals surface area (Å²) in [5.41, 5.74) is 7.36. The fraction of sp³-hybridized carbons (Fsp3) is 0.205. The van der Waals surface area contributed by atoms with Gasteiger partial charge in [0.05, 0.1) is 31.2 Å². The van der Waals surface area contributed by atoms with Gasteiger partial charge in [0.25, 0.3) is 0 Å². The Morgan fingerprint density at radius 1 is 0.935 bits per heavy atom. The minimum absolute atomic E-state index is 0. The summed E-state index contributed by atoms with van der Waals surface area (Å²) in [6.07, 6.45) is 11.2. The molecule has 0 amide bonds. The summed E-state index contributed by atoms with van der Waals surface area (Å²) in [4.78, 5) is 25.4. The third kappa shape index (κ3) is 16.9. The topological polar surface area (TPSA) is 177 Å². The third-order valence-electron chi connectivity index (χ3n) is 7.10. The zero-order valence-corrected chi connectivity index (χ0v) is 34.7. The second-order valence-corrected chi connectivity index (χ2v) is 13.0. The zero-order chi connectivity index (χ0) is 44.8. The lowest BCUT2D eigenvalue weighted by molar-refractivity contribution is -0.478. The van der Waals surface area contributed by atoms with E-state index in [2.05, 4.69) is 191 Å². The Hall–Kier alpha value is -8.36. The first-order valence-corrected chi connectivity index (χ1v) is 18.3. The van der Waals surface area contributed by atoms with E-state index in [0.717, 1.165) is 47.8 Å². The van der Waals surface area contributed by atoms with Crippen molar-refractivity contribution in [3.05, 3.63) is 57.6 Å². The lowest BCUT2D eigenvalue weighted by Crippen LogP contribution is -2.47. The van der Waals surface area contributed by atoms with Crippen LogP contribution in [0.25, 0.3) is 15.9 Å². The number of morpholine rings is 1. The minimum Gasteiger partial charge on any atom is -0.497 e. The average molecular weight is 881 g/mol. The largest absolute Gasteiger partial charge is 0.497 e. The van der Waals surface area contributed by atoms with Crippen LogP contribution in [0.5, 0.6) is 5.75 Å². The molecule has 2 N–H and O–H groups in total. The summed E-state index contributed by atoms with van der Waals surface area (Å²) in [7, 11) is 1.64. The van der Waals surface area contributed by atoms with Crippen molar-refractivity contribution in [2.24, 2.45) is 15.7 Å². The molecule has 0 spiro atoms. The van der Waals surface area contributed by atoms with Crippen LogP contribution in [0.1, 0.15) is 40.0 Å². The standard InChI is InChI=1S/C22H25N5O3S.C22H2.H3N5O3S.11H2/c1-22(2)13-25(8-9-30-22)12-17-10-18-19-23-14-24-27(19)21(28)26(20(18)31-17)11-15-4-6-16(29-3)7-5-15;1-3-5-7-9-11-13-15-17-19-21-22-20-18-16-14-12-10-8-6-4-2;1-2-3-4-5(7-6)8-9;;;;;;;;;;;/h4-7,10,14H,8-9,11-13H2,1-3H3;1-2H;1,6,9H;11*1H/b;;2-1?,4-3+;;;;;;;;;;;. The van der Waals surface area contributed by atoms with Crippen molar-refractivity contribution < 1.29 is 39.7 Å². The number of hydrogen-bond donors (Lipinski definition) is 3. The van der Waals surface area contributed by atoms with Crippen LogP contribution < -0.4 is 10.4 Å². The van der Waals surface area contributed by atoms with Gasteiger partial charge in [-0.3, -0.25) is 9.47 Å². The molecular weight excluding hydrogens is 829 g/mol. The first-order valence-electron chi connectivity index (χ1n) is 17.2. The average Bonchev–Trinajstić information content (AvgIpc) is 3.94. The van der Waals surface area contributed by atoms with Crippen molar-refractivity contribution in [1.82, 2.24) is 29.4 Å². The number of nitrogens with one attached hydrogen (secondary N) is 1. The van der Waals surface area contributed by atoms with E-state index >= 15 is 0 Å². The van der Waals surface area contributed by atoms with Gasteiger partial charge in [-0.05, 0) is 143 Å². The van der Waals surface area contributed by atoms with Gasteiger partial charge in [-0.15, -0.1) is 24.2 Å². The quantitative estimate of drug-likeness (QED) is 0.0418. The lowest BCUT2D eigenvalue weighted by atomic mass is 10.1. The molecule has 1 fully saturated rings. The van der Waals surface area contributed by atoms with E-state index in [1.165, 1.54) is 15.7 Å². The van der Waals surface area contributed by atoms with Crippen molar-refractivity contribution in [2.75, 3.05) is 26.8 Å². The summed E-state index contributed by atoms with van der Waals surface area (Å²) in [5.74, 6) is 49.0. The van der Waals surface area contributed by atoms with Crippen LogP contribution in [0, 0.1) is 137 Å². The summed E-state index contributed by atoms with van der Waals surface area (Å²) >= 11 is 4.80. The van der Waals surface area contributed by atoms with Crippen molar-refractivity contribution in [1.29, 1.82) is 5.53 Å². The Kier molecular flexibility index (Phi) is 21.2. The van der Waals surface area contributed by atoms with Crippen LogP contribution in [-0.4, -0.2) is 67.1 Å². The van der Waals surface area contributed by atoms with Crippen molar-refractivity contribution >= 4 is 40.1 Å². The van der Waals surface area contributed by atoms with Crippen molar-refractivity contribution in [3.8, 4) is 137 Å². The van der Waals surface area contributed by atoms with Gasteiger partial charge in [-0.1, -0.05) is 17.1 Å². The molecule has 4 heterocycles. The van der Waals surface area contributed by atoms with Gasteiger partial charge in [0.2, 0.25) is 0 Å². The van der Waals surface area contributed by atoms with E-state index in [1.54, 1.807) is 23.0 Å². The normalized spacial score (nSPS) is 11.2. The molecule has 0 bridgehead atoms. The molecule has 4 aromatic rings. The number of thiol groups is 1. The number of methoxy groups -OCH3 is 1. The number of ether oxygens (including phenoxy) is 2. The molecule has 1 saturated heterocycles. The molecule has 16 nitrogen and oxygen atoms in total. The summed E-state index contributed by atoms with van der Waals surface area (Å²) in [6, 6.07) is 9.92. The Morgan fingerprint density at radius 3 is 1.95 bits per heavy atom. The monoisotopic (exact) mass is 880 g/mol. The highest BCUT2D eigenvalue weighted by Crippen LogP contribution is 2.30. The first kappa shape index (κ1) is 48.0. The molecule has 18 heteroatoms. The number of thiophene rings is 1. The van der Waals surface area contributed by atoms with E-state index < -0.39 is 0 Å². The number of aromatic nitrogens is 4. The van der Waals surface area contributed by atoms with E-state index in [0.29, 0.717) is 12.2 Å². The molecule has 1 aliphatic rings. The smallest absolute Gasteiger partial charge is 0.352 e. The molecule has 0 unspecified atom stereocenters. The highest BCUT2D eigenvalue weighted by atomic mass is 32.1. The molecule has 62 heavy (non-hydrogen) atoms. The maximum absolute atomic E-state index is 13.2. The molecule has 0 aliphatic carbocycles. The van der Waals surface area contributed by atoms with Crippen molar-refractivity contribution in [3.63, 3.8) is 0 Å². The molecule has 326 valence electrons. The fourth-order valence-corrected chi connectivity index (χ4v) is 6.08. The van der Waals surface area contributed by atoms with Crippen LogP contribution in [0.2, 0.25) is 0 Å². The van der Waals surface area contributed by atoms with Crippen LogP contribution >= 0.6 is 24.2 Å². The van der Waals surface area contributed by atoms with Gasteiger partial charge >= 0.3 is 5.69 Å². The molecule has 0 atom stereocenters. The summed E-state index contributed by atoms with van der Waals surface area (Å²) < 4.78 is 18.1. The SMILES string of the molecule is C#CC#CC#CC#CC#CC#CC#CC#CC#CC#CC#C.COc1ccc(Cn2c(=O)n3ncnc3c3cc(CN4CCOC(C)(C)C4)sc32)cc1.N=N/N=N/N(OO)OS.[HH].[HH].[HH].[HH].[HH].[HH].[HH].[HH].[HH].[HH].[HH]. The Morgan fingerprint density at radius 2 is 1.48 bits per heavy atom. The third-order valence-corrected chi connectivity index (χ3v) is 8.38. The van der Waals surface area contributed by atoms with Gasteiger partial charge in [0.15, 0.2) is 5.65 Å². The fourth-order valence-electron chi connectivity index (χ4n) is 4.83. The predicted molar refractivity (Wildman–Crippen MR) is 257 cm³/mol. The van der Waals surface area contributed by atoms with Gasteiger partial charge in [0, 0.05) is 87.4 Å². The van der Waals surface area contributed by atoms with E-state index in [1.807, 2.05) is 24.3 Å². The molecule has 3 aromatic heterocycles. The van der Waals surface area contributed by atoms with Gasteiger partial charge in [0.1, 0.15) is 16.9 Å². The zero-order valence-electron chi connectivity index (χ0n) is 33.0. The number of fused-ring (bicyclic) bond motifs is 3. The van der Waals surface area contributed by atoms with Gasteiger partial charge < -0.3 is 9.47 Å². The molecule has 5 rings (SSSR count). The first-order chi connectivity index (χ1) is 30.2. The Bertz CT molecular complexity index is 2960. The second kappa shape index (κ2) is 27.4. The number of benzene rings is 1. The second-order valence-electron chi connectivity index (χ2n) is 11.7. The minimum atomic E-state index is -0.184. The molecule has 0 radical (unpaired) electrons. The van der Waals surface area contributed by atoms with E-state index in [-0.39, 0.29) is 32.3 Å². The van der Waals surface area contributed by atoms with E-state index in [9.17, 15) is 4.79 Å². The van der Waals surface area contributed by atoms with Crippen molar-refractivity contribution in [2.45, 2.75) is 32.5 Å². The van der Waals surface area contributed by atoms with Gasteiger partial charge in [-0.2, -0.15) is 19.4 Å². The molecule has 1 aliphatic heterocycles. The molecule has 1 aromatic carbocycles. The van der Waals surface area contributed by atoms with E-state index in [4.69, 9.17) is 33.1 Å². The maximum Gasteiger partial charge on any atom is 0.352 e. The lowest BCUT2D eigenvalue weighted by Gasteiger charge is -2.37. The Balaban J connectivity index is -0.000000125. The Labute approximate surface area is 383 Å². The van der Waals surface area contributed by atoms with Crippen LogP contribution in [0.4, 0.5) is 0 Å². The summed E-state index contributed by atoms with van der Waals surface area (Å²) in [5, 5.41) is 20.9. The maximum atomic E-state index is 13.2. The molecular formula is C44H52N10O6S2. The number of rotatable bonds is 9. The number of hydrogen-bond acceptors (Lipinski definition) is 13. The summed E-state index contributed by atoms with van der Waals surface area (Å²) in [6.45, 7) is 8.03. The highest BCUT2D eigenvalue weighted by molar-refractivity contribution is 7.75. The highest BCUT2D eigenvalue weighted by Gasteiger charge is 2.27. The molecule has 0 saturated carbocycles. The van der Waals surface area contributed by atoms with Crippen LogP contribution in [-0.2, 0) is 27.1 Å².